The average molecular weight is 399 g/mol. The zero-order chi connectivity index (χ0) is 18.8. The smallest absolute Gasteiger partial charge is 0.145 e. The number of rotatable bonds is 5. The summed E-state index contributed by atoms with van der Waals surface area (Å²) in [7, 11) is 2.19. The van der Waals surface area contributed by atoms with Crippen LogP contribution >= 0.6 is 23.1 Å². The number of nitrogens with zero attached hydrogens (tertiary/aromatic N) is 4. The van der Waals surface area contributed by atoms with Crippen molar-refractivity contribution < 1.29 is 0 Å². The Hall–Kier alpha value is -1.47. The lowest BCUT2D eigenvalue weighted by Crippen LogP contribution is -2.44. The van der Waals surface area contributed by atoms with E-state index in [1.807, 2.05) is 11.3 Å². The summed E-state index contributed by atoms with van der Waals surface area (Å²) in [6, 6.07) is 10.6. The first-order valence-electron chi connectivity index (χ1n) is 9.56. The zero-order valence-corrected chi connectivity index (χ0v) is 17.9. The van der Waals surface area contributed by atoms with Crippen LogP contribution in [-0.2, 0) is 13.0 Å². The second-order valence-electron chi connectivity index (χ2n) is 7.11. The summed E-state index contributed by atoms with van der Waals surface area (Å²) in [5.41, 5.74) is 1.40. The maximum atomic E-state index is 5.03. The van der Waals surface area contributed by atoms with Gasteiger partial charge in [-0.05, 0) is 38.1 Å². The largest absolute Gasteiger partial charge is 0.304 e. The van der Waals surface area contributed by atoms with E-state index < -0.39 is 0 Å². The molecule has 4 nitrogen and oxygen atoms in total. The number of likely N-dealkylation sites (N-methyl/N-ethyl adjacent to an activating group) is 1. The first-order chi connectivity index (χ1) is 13.1. The molecule has 3 aromatic rings. The van der Waals surface area contributed by atoms with Crippen LogP contribution in [0.2, 0.25) is 0 Å². The average Bonchev–Trinajstić information content (AvgIpc) is 2.99. The highest BCUT2D eigenvalue weighted by Gasteiger charge is 2.20. The molecule has 4 rings (SSSR count). The van der Waals surface area contributed by atoms with Crippen LogP contribution in [0.25, 0.3) is 10.2 Å². The molecule has 1 aromatic carbocycles. The molecule has 0 atom stereocenters. The van der Waals surface area contributed by atoms with Crippen molar-refractivity contribution in [1.29, 1.82) is 0 Å². The van der Waals surface area contributed by atoms with Crippen molar-refractivity contribution >= 4 is 33.3 Å². The molecule has 3 heterocycles. The minimum Gasteiger partial charge on any atom is -0.304 e. The highest BCUT2D eigenvalue weighted by Crippen LogP contribution is 2.38. The lowest BCUT2D eigenvalue weighted by atomic mass is 10.1. The van der Waals surface area contributed by atoms with Crippen molar-refractivity contribution in [3.8, 4) is 0 Å². The molecular formula is C21H26N4S2. The van der Waals surface area contributed by atoms with Gasteiger partial charge in [0.1, 0.15) is 15.7 Å². The van der Waals surface area contributed by atoms with E-state index in [-0.39, 0.29) is 0 Å². The maximum absolute atomic E-state index is 5.03. The lowest BCUT2D eigenvalue weighted by molar-refractivity contribution is 0.145. The van der Waals surface area contributed by atoms with Crippen molar-refractivity contribution in [3.05, 3.63) is 46.6 Å². The lowest BCUT2D eigenvalue weighted by Gasteiger charge is -2.31. The quantitative estimate of drug-likeness (QED) is 0.593. The summed E-state index contributed by atoms with van der Waals surface area (Å²) in [6.45, 7) is 9.68. The monoisotopic (exact) mass is 398 g/mol. The topological polar surface area (TPSA) is 32.3 Å². The van der Waals surface area contributed by atoms with Crippen LogP contribution in [0.1, 0.15) is 23.2 Å². The van der Waals surface area contributed by atoms with Crippen molar-refractivity contribution in [1.82, 2.24) is 19.8 Å². The van der Waals surface area contributed by atoms with Crippen LogP contribution in [0.4, 0.5) is 0 Å². The van der Waals surface area contributed by atoms with Gasteiger partial charge in [-0.25, -0.2) is 9.97 Å². The molecule has 0 aliphatic carbocycles. The molecule has 142 valence electrons. The molecule has 6 heteroatoms. The normalized spacial score (nSPS) is 16.3. The van der Waals surface area contributed by atoms with Crippen molar-refractivity contribution in [2.45, 2.75) is 36.7 Å². The Kier molecular flexibility index (Phi) is 5.78. The van der Waals surface area contributed by atoms with Gasteiger partial charge in [-0.2, -0.15) is 0 Å². The molecular weight excluding hydrogens is 372 g/mol. The number of thiophene rings is 1. The second-order valence-corrected chi connectivity index (χ2v) is 9.38. The third-order valence-corrected chi connectivity index (χ3v) is 7.18. The van der Waals surface area contributed by atoms with Crippen LogP contribution in [0.3, 0.4) is 0 Å². The predicted molar refractivity (Wildman–Crippen MR) is 115 cm³/mol. The van der Waals surface area contributed by atoms with Crippen LogP contribution in [0.5, 0.6) is 0 Å². The summed E-state index contributed by atoms with van der Waals surface area (Å²) in [5.74, 6) is 0.953. The van der Waals surface area contributed by atoms with E-state index in [9.17, 15) is 0 Å². The SMILES string of the molecule is CCc1c(C)sc2nc(CN3CCN(C)CC3)nc(Sc3ccccc3)c12. The highest BCUT2D eigenvalue weighted by atomic mass is 32.2. The Balaban J connectivity index is 1.71. The minimum atomic E-state index is 0.838. The Morgan fingerprint density at radius 1 is 1.07 bits per heavy atom. The molecule has 2 aromatic heterocycles. The van der Waals surface area contributed by atoms with Gasteiger partial charge in [0.15, 0.2) is 0 Å². The number of hydrogen-bond acceptors (Lipinski definition) is 6. The number of fused-ring (bicyclic) bond motifs is 1. The van der Waals surface area contributed by atoms with Crippen molar-refractivity contribution in [2.24, 2.45) is 0 Å². The molecule has 1 fully saturated rings. The van der Waals surface area contributed by atoms with E-state index in [1.165, 1.54) is 20.7 Å². The third-order valence-electron chi connectivity index (χ3n) is 5.14. The van der Waals surface area contributed by atoms with Gasteiger partial charge in [-0.15, -0.1) is 11.3 Å². The molecule has 1 aliphatic rings. The van der Waals surface area contributed by atoms with E-state index in [0.29, 0.717) is 0 Å². The maximum Gasteiger partial charge on any atom is 0.145 e. The van der Waals surface area contributed by atoms with E-state index in [1.54, 1.807) is 11.8 Å². The van der Waals surface area contributed by atoms with Crippen LogP contribution in [0, 0.1) is 6.92 Å². The number of aryl methyl sites for hydroxylation is 2. The summed E-state index contributed by atoms with van der Waals surface area (Å²) in [6.07, 6.45) is 1.02. The van der Waals surface area contributed by atoms with Gasteiger partial charge in [0.25, 0.3) is 0 Å². The van der Waals surface area contributed by atoms with Crippen LogP contribution < -0.4 is 0 Å². The fourth-order valence-electron chi connectivity index (χ4n) is 3.55. The van der Waals surface area contributed by atoms with E-state index in [2.05, 4.69) is 61.0 Å². The van der Waals surface area contributed by atoms with Gasteiger partial charge in [-0.1, -0.05) is 36.9 Å². The predicted octanol–water partition coefficient (Wildman–Crippen LogP) is 4.46. The van der Waals surface area contributed by atoms with Gasteiger partial charge in [0.05, 0.1) is 6.54 Å². The summed E-state index contributed by atoms with van der Waals surface area (Å²) >= 11 is 3.58. The molecule has 0 saturated carbocycles. The fourth-order valence-corrected chi connectivity index (χ4v) is 5.74. The first kappa shape index (κ1) is 18.9. The minimum absolute atomic E-state index is 0.838. The number of aromatic nitrogens is 2. The Labute approximate surface area is 169 Å². The van der Waals surface area contributed by atoms with Gasteiger partial charge in [0.2, 0.25) is 0 Å². The molecule has 0 spiro atoms. The molecule has 0 N–H and O–H groups in total. The zero-order valence-electron chi connectivity index (χ0n) is 16.2. The van der Waals surface area contributed by atoms with Gasteiger partial charge < -0.3 is 4.90 Å². The summed E-state index contributed by atoms with van der Waals surface area (Å²) in [4.78, 5) is 18.6. The number of hydrogen-bond donors (Lipinski definition) is 0. The molecule has 0 unspecified atom stereocenters. The molecule has 0 bridgehead atoms. The Morgan fingerprint density at radius 2 is 1.81 bits per heavy atom. The second kappa shape index (κ2) is 8.27. The van der Waals surface area contributed by atoms with Crippen LogP contribution in [-0.4, -0.2) is 53.0 Å². The van der Waals surface area contributed by atoms with Crippen molar-refractivity contribution in [2.75, 3.05) is 33.2 Å². The first-order valence-corrected chi connectivity index (χ1v) is 11.2. The van der Waals surface area contributed by atoms with Gasteiger partial charge in [-0.3, -0.25) is 4.90 Å². The third kappa shape index (κ3) is 4.19. The Morgan fingerprint density at radius 3 is 2.52 bits per heavy atom. The van der Waals surface area contributed by atoms with E-state index in [0.717, 1.165) is 54.8 Å². The standard InChI is InChI=1S/C21H26N4S2/c1-4-17-15(2)26-20-19(17)21(27-16-8-6-5-7-9-16)23-18(22-20)14-25-12-10-24(3)11-13-25/h5-9H,4,10-14H2,1-3H3. The molecule has 1 aliphatic heterocycles. The number of benzene rings is 1. The summed E-state index contributed by atoms with van der Waals surface area (Å²) in [5, 5.41) is 2.37. The van der Waals surface area contributed by atoms with Crippen LogP contribution in [0.15, 0.2) is 40.3 Å². The number of piperazine rings is 1. The molecule has 0 radical (unpaired) electrons. The molecule has 1 saturated heterocycles. The van der Waals surface area contributed by atoms with E-state index >= 15 is 0 Å². The van der Waals surface area contributed by atoms with Gasteiger partial charge >= 0.3 is 0 Å². The highest BCUT2D eigenvalue weighted by molar-refractivity contribution is 7.99. The van der Waals surface area contributed by atoms with E-state index in [4.69, 9.17) is 9.97 Å². The Bertz CT molecular complexity index is 915. The fraction of sp³-hybridized carbons (Fsp3) is 0.429. The molecule has 27 heavy (non-hydrogen) atoms. The summed E-state index contributed by atoms with van der Waals surface area (Å²) < 4.78 is 0. The van der Waals surface area contributed by atoms with Crippen molar-refractivity contribution in [3.63, 3.8) is 0 Å². The van der Waals surface area contributed by atoms with Gasteiger partial charge in [0, 0.05) is 41.3 Å². The molecule has 0 amide bonds.